The highest BCUT2D eigenvalue weighted by Gasteiger charge is 2.16. The van der Waals surface area contributed by atoms with Crippen LogP contribution in [0.15, 0.2) is 53.0 Å². The summed E-state index contributed by atoms with van der Waals surface area (Å²) in [4.78, 5) is 14.6. The van der Waals surface area contributed by atoms with Crippen molar-refractivity contribution in [2.24, 2.45) is 0 Å². The molecule has 0 radical (unpaired) electrons. The molecule has 0 aliphatic carbocycles. The number of carbonyl (C=O) groups is 1. The van der Waals surface area contributed by atoms with Gasteiger partial charge in [0.25, 0.3) is 5.91 Å². The van der Waals surface area contributed by atoms with Gasteiger partial charge in [0.05, 0.1) is 6.04 Å². The molecule has 0 aliphatic rings. The molecule has 0 bridgehead atoms. The van der Waals surface area contributed by atoms with E-state index in [1.54, 1.807) is 0 Å². The monoisotopic (exact) mass is 394 g/mol. The summed E-state index contributed by atoms with van der Waals surface area (Å²) in [5.74, 6) is -0.0787. The Hall–Kier alpha value is -1.36. The second-order valence-corrected chi connectivity index (χ2v) is 7.03. The van der Waals surface area contributed by atoms with Gasteiger partial charge in [-0.2, -0.15) is 0 Å². The van der Waals surface area contributed by atoms with Crippen LogP contribution in [0.2, 0.25) is 5.02 Å². The summed E-state index contributed by atoms with van der Waals surface area (Å²) in [5.41, 5.74) is 1.70. The number of hydrogen-bond donors (Lipinski definition) is 1. The van der Waals surface area contributed by atoms with Gasteiger partial charge in [0, 0.05) is 15.1 Å². The van der Waals surface area contributed by atoms with Crippen molar-refractivity contribution in [1.82, 2.24) is 10.2 Å². The number of halogens is 2. The molecule has 0 aromatic heterocycles. The van der Waals surface area contributed by atoms with Gasteiger partial charge in [-0.3, -0.25) is 4.79 Å². The van der Waals surface area contributed by atoms with Crippen LogP contribution in [0.5, 0.6) is 0 Å². The first-order valence-electron chi connectivity index (χ1n) is 7.42. The Balaban J connectivity index is 2.16. The molecule has 0 spiro atoms. The minimum atomic E-state index is -0.0787. The zero-order chi connectivity index (χ0) is 16.8. The Morgan fingerprint density at radius 2 is 1.91 bits per heavy atom. The van der Waals surface area contributed by atoms with Crippen LogP contribution in [0.1, 0.15) is 28.4 Å². The molecular formula is C18H20BrClN2O. The summed E-state index contributed by atoms with van der Waals surface area (Å²) in [5, 5.41) is 3.82. The molecule has 0 aliphatic heterocycles. The Kier molecular flexibility index (Phi) is 6.63. The molecule has 5 heteroatoms. The molecule has 122 valence electrons. The zero-order valence-electron chi connectivity index (χ0n) is 13.2. The van der Waals surface area contributed by atoms with Crippen LogP contribution in [0.3, 0.4) is 0 Å². The molecule has 0 saturated heterocycles. The predicted molar refractivity (Wildman–Crippen MR) is 99.0 cm³/mol. The minimum absolute atomic E-state index is 0.0545. The normalized spacial score (nSPS) is 12.2. The molecular weight excluding hydrogens is 376 g/mol. The van der Waals surface area contributed by atoms with Crippen molar-refractivity contribution in [3.8, 4) is 0 Å². The maximum absolute atomic E-state index is 12.5. The predicted octanol–water partition coefficient (Wildman–Crippen LogP) is 4.53. The van der Waals surface area contributed by atoms with Gasteiger partial charge < -0.3 is 10.2 Å². The lowest BCUT2D eigenvalue weighted by Gasteiger charge is -2.21. The van der Waals surface area contributed by atoms with E-state index in [2.05, 4.69) is 26.1 Å². The third-order valence-corrected chi connectivity index (χ3v) is 4.27. The van der Waals surface area contributed by atoms with Gasteiger partial charge in [-0.05, 0) is 63.0 Å². The van der Waals surface area contributed by atoms with Crippen molar-refractivity contribution >= 4 is 33.4 Å². The van der Waals surface area contributed by atoms with Crippen LogP contribution in [0.4, 0.5) is 0 Å². The lowest BCUT2D eigenvalue weighted by Crippen LogP contribution is -2.31. The molecule has 0 heterocycles. The molecule has 2 rings (SSSR count). The lowest BCUT2D eigenvalue weighted by molar-refractivity contribution is 0.0932. The number of nitrogens with one attached hydrogen (secondary N) is 1. The van der Waals surface area contributed by atoms with Gasteiger partial charge in [-0.15, -0.1) is 0 Å². The van der Waals surface area contributed by atoms with Crippen molar-refractivity contribution in [2.45, 2.75) is 12.5 Å². The summed E-state index contributed by atoms with van der Waals surface area (Å²) >= 11 is 9.36. The molecule has 23 heavy (non-hydrogen) atoms. The minimum Gasteiger partial charge on any atom is -0.345 e. The van der Waals surface area contributed by atoms with E-state index < -0.39 is 0 Å². The van der Waals surface area contributed by atoms with E-state index in [1.165, 1.54) is 0 Å². The molecule has 0 fully saturated rings. The number of rotatable bonds is 6. The van der Waals surface area contributed by atoms with E-state index in [4.69, 9.17) is 11.6 Å². The Morgan fingerprint density at radius 1 is 1.22 bits per heavy atom. The van der Waals surface area contributed by atoms with Gasteiger partial charge >= 0.3 is 0 Å². The first-order valence-corrected chi connectivity index (χ1v) is 8.59. The smallest absolute Gasteiger partial charge is 0.251 e. The molecule has 3 nitrogen and oxygen atoms in total. The molecule has 2 aromatic carbocycles. The van der Waals surface area contributed by atoms with Gasteiger partial charge in [0.2, 0.25) is 0 Å². The number of nitrogens with zero attached hydrogens (tertiary/aromatic N) is 1. The van der Waals surface area contributed by atoms with Crippen molar-refractivity contribution < 1.29 is 4.79 Å². The van der Waals surface area contributed by atoms with Gasteiger partial charge in [0.1, 0.15) is 0 Å². The van der Waals surface area contributed by atoms with Crippen LogP contribution in [0.25, 0.3) is 0 Å². The second-order valence-electron chi connectivity index (χ2n) is 5.68. The number of benzene rings is 2. The first-order chi connectivity index (χ1) is 11.0. The van der Waals surface area contributed by atoms with E-state index in [0.717, 1.165) is 23.0 Å². The molecule has 2 aromatic rings. The number of hydrogen-bond acceptors (Lipinski definition) is 2. The molecule has 1 N–H and O–H groups in total. The summed E-state index contributed by atoms with van der Waals surface area (Å²) in [7, 11) is 4.05. The topological polar surface area (TPSA) is 32.3 Å². The summed E-state index contributed by atoms with van der Waals surface area (Å²) in [6.45, 7) is 0.881. The van der Waals surface area contributed by atoms with Gasteiger partial charge in [-0.1, -0.05) is 45.7 Å². The van der Waals surface area contributed by atoms with Gasteiger partial charge in [-0.25, -0.2) is 0 Å². The Labute approximate surface area is 150 Å². The number of carbonyl (C=O) groups excluding carboxylic acids is 1. The average Bonchev–Trinajstić information content (AvgIpc) is 2.52. The first kappa shape index (κ1) is 18.0. The third kappa shape index (κ3) is 5.65. The molecule has 0 saturated carbocycles. The van der Waals surface area contributed by atoms with E-state index in [0.29, 0.717) is 10.6 Å². The quantitative estimate of drug-likeness (QED) is 0.779. The second kappa shape index (κ2) is 8.48. The largest absolute Gasteiger partial charge is 0.345 e. The third-order valence-electron chi connectivity index (χ3n) is 3.53. The molecule has 1 amide bonds. The van der Waals surface area contributed by atoms with Crippen LogP contribution >= 0.6 is 27.5 Å². The van der Waals surface area contributed by atoms with Crippen molar-refractivity contribution in [3.63, 3.8) is 0 Å². The van der Waals surface area contributed by atoms with Crippen LogP contribution < -0.4 is 5.32 Å². The van der Waals surface area contributed by atoms with Crippen molar-refractivity contribution in [2.75, 3.05) is 20.6 Å². The zero-order valence-corrected chi connectivity index (χ0v) is 15.6. The molecule has 1 atom stereocenters. The highest BCUT2D eigenvalue weighted by molar-refractivity contribution is 9.10. The van der Waals surface area contributed by atoms with Crippen molar-refractivity contribution in [1.29, 1.82) is 0 Å². The van der Waals surface area contributed by atoms with E-state index in [1.807, 2.05) is 62.6 Å². The summed E-state index contributed by atoms with van der Waals surface area (Å²) in [6.07, 6.45) is 0.828. The van der Waals surface area contributed by atoms with Gasteiger partial charge in [0.15, 0.2) is 0 Å². The fraction of sp³-hybridized carbons (Fsp3) is 0.278. The standard InChI is InChI=1S/C18H20BrClN2O/c1-22(2)11-10-17(13-6-8-16(20)9-7-13)21-18(23)14-4-3-5-15(19)12-14/h3-9,12,17H,10-11H2,1-2H3,(H,21,23). The van der Waals surface area contributed by atoms with Crippen LogP contribution in [0, 0.1) is 0 Å². The highest BCUT2D eigenvalue weighted by Crippen LogP contribution is 2.21. The number of amides is 1. The maximum atomic E-state index is 12.5. The highest BCUT2D eigenvalue weighted by atomic mass is 79.9. The van der Waals surface area contributed by atoms with E-state index in [9.17, 15) is 4.79 Å². The van der Waals surface area contributed by atoms with E-state index in [-0.39, 0.29) is 11.9 Å². The van der Waals surface area contributed by atoms with Crippen LogP contribution in [-0.4, -0.2) is 31.4 Å². The fourth-order valence-electron chi connectivity index (χ4n) is 2.28. The fourth-order valence-corrected chi connectivity index (χ4v) is 2.80. The Morgan fingerprint density at radius 3 is 2.52 bits per heavy atom. The lowest BCUT2D eigenvalue weighted by atomic mass is 10.0. The average molecular weight is 396 g/mol. The SMILES string of the molecule is CN(C)CCC(NC(=O)c1cccc(Br)c1)c1ccc(Cl)cc1. The molecule has 1 unspecified atom stereocenters. The summed E-state index contributed by atoms with van der Waals surface area (Å²) < 4.78 is 0.890. The van der Waals surface area contributed by atoms with Crippen molar-refractivity contribution in [3.05, 3.63) is 69.2 Å². The van der Waals surface area contributed by atoms with Crippen LogP contribution in [-0.2, 0) is 0 Å². The summed E-state index contributed by atoms with van der Waals surface area (Å²) in [6, 6.07) is 15.0. The Bertz CT molecular complexity index is 658. The maximum Gasteiger partial charge on any atom is 0.251 e. The van der Waals surface area contributed by atoms with E-state index >= 15 is 0 Å².